The van der Waals surface area contributed by atoms with Gasteiger partial charge < -0.3 is 4.90 Å². The van der Waals surface area contributed by atoms with Crippen LogP contribution in [0.5, 0.6) is 0 Å². The summed E-state index contributed by atoms with van der Waals surface area (Å²) in [5, 5.41) is 0. The molecule has 2 fully saturated rings. The number of hydrogen-bond acceptors (Lipinski definition) is 3. The zero-order valence-electron chi connectivity index (χ0n) is 14.3. The van der Waals surface area contributed by atoms with Gasteiger partial charge in [-0.3, -0.25) is 14.5 Å². The number of aryl methyl sites for hydroxylation is 1. The maximum absolute atomic E-state index is 13.3. The molecule has 24 heavy (non-hydrogen) atoms. The van der Waals surface area contributed by atoms with Gasteiger partial charge in [0.25, 0.3) is 0 Å². The third-order valence-electron chi connectivity index (χ3n) is 5.24. The molecular formula is C19H25FN2O2. The molecule has 1 saturated heterocycles. The highest BCUT2D eigenvalue weighted by atomic mass is 19.1. The number of rotatable bonds is 4. The highest BCUT2D eigenvalue weighted by Gasteiger charge is 2.29. The highest BCUT2D eigenvalue weighted by molar-refractivity contribution is 5.97. The van der Waals surface area contributed by atoms with Crippen LogP contribution in [0.1, 0.15) is 41.6 Å². The highest BCUT2D eigenvalue weighted by Crippen LogP contribution is 2.26. The molecule has 2 aliphatic rings. The lowest BCUT2D eigenvalue weighted by Gasteiger charge is -2.35. The SMILES string of the molecule is Cc1cc(C(=O)CN2CCN(C(=O)C3CCCC3)CC2)ccc1F. The minimum absolute atomic E-state index is 0.00803. The van der Waals surface area contributed by atoms with Crippen LogP contribution >= 0.6 is 0 Å². The molecule has 4 nitrogen and oxygen atoms in total. The van der Waals surface area contributed by atoms with Crippen LogP contribution in [-0.2, 0) is 4.79 Å². The summed E-state index contributed by atoms with van der Waals surface area (Å²) >= 11 is 0. The Labute approximate surface area is 142 Å². The molecule has 0 spiro atoms. The van der Waals surface area contributed by atoms with Crippen molar-refractivity contribution in [2.45, 2.75) is 32.6 Å². The number of hydrogen-bond donors (Lipinski definition) is 0. The molecule has 0 radical (unpaired) electrons. The monoisotopic (exact) mass is 332 g/mol. The first-order valence-electron chi connectivity index (χ1n) is 8.85. The smallest absolute Gasteiger partial charge is 0.225 e. The number of halogens is 1. The summed E-state index contributed by atoms with van der Waals surface area (Å²) in [6.07, 6.45) is 4.40. The summed E-state index contributed by atoms with van der Waals surface area (Å²) in [7, 11) is 0. The minimum atomic E-state index is -0.286. The molecule has 1 aliphatic heterocycles. The van der Waals surface area contributed by atoms with Crippen molar-refractivity contribution in [1.82, 2.24) is 9.80 Å². The van der Waals surface area contributed by atoms with Gasteiger partial charge in [-0.15, -0.1) is 0 Å². The number of benzene rings is 1. The summed E-state index contributed by atoms with van der Waals surface area (Å²) in [6.45, 7) is 4.85. The molecule has 0 aromatic heterocycles. The Hall–Kier alpha value is -1.75. The van der Waals surface area contributed by atoms with Crippen molar-refractivity contribution in [2.24, 2.45) is 5.92 Å². The fraction of sp³-hybridized carbons (Fsp3) is 0.579. The van der Waals surface area contributed by atoms with Gasteiger partial charge in [0.1, 0.15) is 5.82 Å². The van der Waals surface area contributed by atoms with E-state index in [1.807, 2.05) is 4.90 Å². The van der Waals surface area contributed by atoms with Crippen LogP contribution in [0.3, 0.4) is 0 Å². The number of piperazine rings is 1. The Morgan fingerprint density at radius 2 is 1.79 bits per heavy atom. The summed E-state index contributed by atoms with van der Waals surface area (Å²) in [5.41, 5.74) is 1.05. The minimum Gasteiger partial charge on any atom is -0.340 e. The van der Waals surface area contributed by atoms with Gasteiger partial charge in [-0.1, -0.05) is 12.8 Å². The van der Waals surface area contributed by atoms with Crippen LogP contribution < -0.4 is 0 Å². The molecule has 1 heterocycles. The lowest BCUT2D eigenvalue weighted by molar-refractivity contribution is -0.137. The lowest BCUT2D eigenvalue weighted by Crippen LogP contribution is -2.51. The normalized spacial score (nSPS) is 19.7. The van der Waals surface area contributed by atoms with Gasteiger partial charge in [-0.05, 0) is 43.5 Å². The van der Waals surface area contributed by atoms with E-state index in [1.165, 1.54) is 18.9 Å². The molecular weight excluding hydrogens is 307 g/mol. The average Bonchev–Trinajstić information content (AvgIpc) is 3.12. The van der Waals surface area contributed by atoms with Gasteiger partial charge in [0.05, 0.1) is 6.54 Å². The molecule has 1 aromatic rings. The van der Waals surface area contributed by atoms with Crippen LogP contribution in [0, 0.1) is 18.7 Å². The molecule has 1 aromatic carbocycles. The van der Waals surface area contributed by atoms with Crippen molar-refractivity contribution < 1.29 is 14.0 Å². The number of nitrogens with zero attached hydrogens (tertiary/aromatic N) is 2. The Balaban J connectivity index is 1.50. The Morgan fingerprint density at radius 1 is 1.12 bits per heavy atom. The standard InChI is InChI=1S/C19H25FN2O2/c1-14-12-16(6-7-17(14)20)18(23)13-21-8-10-22(11-9-21)19(24)15-4-2-3-5-15/h6-7,12,15H,2-5,8-11,13H2,1H3. The van der Waals surface area contributed by atoms with Crippen molar-refractivity contribution in [3.63, 3.8) is 0 Å². The summed E-state index contributed by atoms with van der Waals surface area (Å²) in [4.78, 5) is 28.8. The van der Waals surface area contributed by atoms with Gasteiger partial charge in [0.2, 0.25) is 5.91 Å². The maximum Gasteiger partial charge on any atom is 0.225 e. The van der Waals surface area contributed by atoms with E-state index >= 15 is 0 Å². The van der Waals surface area contributed by atoms with E-state index in [1.54, 1.807) is 19.1 Å². The number of carbonyl (C=O) groups excluding carboxylic acids is 2. The van der Waals surface area contributed by atoms with Crippen molar-refractivity contribution >= 4 is 11.7 Å². The van der Waals surface area contributed by atoms with Gasteiger partial charge in [0, 0.05) is 37.7 Å². The van der Waals surface area contributed by atoms with Crippen molar-refractivity contribution in [2.75, 3.05) is 32.7 Å². The molecule has 130 valence electrons. The first kappa shape index (κ1) is 17.1. The van der Waals surface area contributed by atoms with E-state index < -0.39 is 0 Å². The van der Waals surface area contributed by atoms with Crippen LogP contribution in [0.4, 0.5) is 4.39 Å². The van der Waals surface area contributed by atoms with Gasteiger partial charge in [0.15, 0.2) is 5.78 Å². The van der Waals surface area contributed by atoms with E-state index in [4.69, 9.17) is 0 Å². The molecule has 0 bridgehead atoms. The summed E-state index contributed by atoms with van der Waals surface area (Å²) in [6, 6.07) is 4.50. The lowest BCUT2D eigenvalue weighted by atomic mass is 10.1. The second-order valence-electron chi connectivity index (χ2n) is 6.97. The number of amides is 1. The predicted octanol–water partition coefficient (Wildman–Crippen LogP) is 2.65. The molecule has 0 N–H and O–H groups in total. The zero-order chi connectivity index (χ0) is 17.1. The number of ketones is 1. The third-order valence-corrected chi connectivity index (χ3v) is 5.24. The van der Waals surface area contributed by atoms with Crippen LogP contribution in [0.2, 0.25) is 0 Å². The third kappa shape index (κ3) is 3.83. The Kier molecular flexibility index (Phi) is 5.29. The average molecular weight is 332 g/mol. The van der Waals surface area contributed by atoms with Crippen molar-refractivity contribution in [1.29, 1.82) is 0 Å². The molecule has 1 aliphatic carbocycles. The van der Waals surface area contributed by atoms with Gasteiger partial charge >= 0.3 is 0 Å². The van der Waals surface area contributed by atoms with E-state index in [2.05, 4.69) is 4.90 Å². The van der Waals surface area contributed by atoms with E-state index in [0.29, 0.717) is 36.7 Å². The fourth-order valence-electron chi connectivity index (χ4n) is 3.67. The second-order valence-corrected chi connectivity index (χ2v) is 6.97. The molecule has 3 rings (SSSR count). The van der Waals surface area contributed by atoms with Crippen LogP contribution in [0.15, 0.2) is 18.2 Å². The largest absolute Gasteiger partial charge is 0.340 e. The Morgan fingerprint density at radius 3 is 2.42 bits per heavy atom. The quantitative estimate of drug-likeness (QED) is 0.796. The second kappa shape index (κ2) is 7.43. The van der Waals surface area contributed by atoms with Crippen molar-refractivity contribution in [3.05, 3.63) is 35.1 Å². The predicted molar refractivity (Wildman–Crippen MR) is 90.4 cm³/mol. The number of carbonyl (C=O) groups is 2. The molecule has 5 heteroatoms. The Bertz CT molecular complexity index is 618. The molecule has 0 atom stereocenters. The van der Waals surface area contributed by atoms with Crippen LogP contribution in [0.25, 0.3) is 0 Å². The number of Topliss-reactive ketones (excluding diaryl/α,β-unsaturated/α-hetero) is 1. The zero-order valence-corrected chi connectivity index (χ0v) is 14.3. The van der Waals surface area contributed by atoms with E-state index in [9.17, 15) is 14.0 Å². The van der Waals surface area contributed by atoms with Gasteiger partial charge in [-0.2, -0.15) is 0 Å². The summed E-state index contributed by atoms with van der Waals surface area (Å²) < 4.78 is 13.3. The summed E-state index contributed by atoms with van der Waals surface area (Å²) in [5.74, 6) is 0.243. The van der Waals surface area contributed by atoms with E-state index in [0.717, 1.165) is 25.9 Å². The first-order valence-corrected chi connectivity index (χ1v) is 8.85. The fourth-order valence-corrected chi connectivity index (χ4v) is 3.67. The molecule has 0 unspecified atom stereocenters. The van der Waals surface area contributed by atoms with Crippen LogP contribution in [-0.4, -0.2) is 54.2 Å². The molecule has 1 amide bonds. The van der Waals surface area contributed by atoms with Gasteiger partial charge in [-0.25, -0.2) is 4.39 Å². The topological polar surface area (TPSA) is 40.6 Å². The maximum atomic E-state index is 13.3. The van der Waals surface area contributed by atoms with Crippen molar-refractivity contribution in [3.8, 4) is 0 Å². The first-order chi connectivity index (χ1) is 11.5. The van der Waals surface area contributed by atoms with E-state index in [-0.39, 0.29) is 17.5 Å². The molecule has 1 saturated carbocycles.